The fraction of sp³-hybridized carbons (Fsp3) is 0.300. The van der Waals surface area contributed by atoms with Crippen LogP contribution in [0.1, 0.15) is 18.9 Å². The van der Waals surface area contributed by atoms with Crippen molar-refractivity contribution in [2.45, 2.75) is 13.3 Å². The third kappa shape index (κ3) is 5.72. The van der Waals surface area contributed by atoms with Gasteiger partial charge >= 0.3 is 0 Å². The molecule has 0 aromatic heterocycles. The second-order valence-electron chi connectivity index (χ2n) is 6.22. The summed E-state index contributed by atoms with van der Waals surface area (Å²) in [6, 6.07) is 13.8. The number of nitrogens with zero attached hydrogens (tertiary/aromatic N) is 1. The van der Waals surface area contributed by atoms with Crippen LogP contribution < -0.4 is 10.6 Å². The average Bonchev–Trinajstić information content (AvgIpc) is 2.57. The Morgan fingerprint density at radius 3 is 2.52 bits per heavy atom. The number of fused-ring (bicyclic) bond motifs is 1. The van der Waals surface area contributed by atoms with E-state index in [9.17, 15) is 9.59 Å². The van der Waals surface area contributed by atoms with Crippen LogP contribution in [0.15, 0.2) is 48.2 Å². The van der Waals surface area contributed by atoms with E-state index in [2.05, 4.69) is 15.5 Å². The molecule has 0 saturated heterocycles. The molecule has 2 aromatic rings. The van der Waals surface area contributed by atoms with Gasteiger partial charge < -0.3 is 15.5 Å². The number of hydrogen-bond donors (Lipinski definition) is 2. The third-order valence-corrected chi connectivity index (χ3v) is 3.75. The lowest BCUT2D eigenvalue weighted by Gasteiger charge is -2.12. The second kappa shape index (κ2) is 8.99. The predicted octanol–water partition coefficient (Wildman–Crippen LogP) is 2.38. The Bertz CT molecular complexity index is 776. The molecule has 25 heavy (non-hydrogen) atoms. The van der Waals surface area contributed by atoms with Gasteiger partial charge in [-0.3, -0.25) is 9.59 Å². The van der Waals surface area contributed by atoms with Crippen molar-refractivity contribution in [1.29, 1.82) is 0 Å². The largest absolute Gasteiger partial charge is 0.351 e. The minimum atomic E-state index is -0.276. The molecule has 5 heteroatoms. The highest BCUT2D eigenvalue weighted by atomic mass is 16.2. The maximum absolute atomic E-state index is 12.5. The van der Waals surface area contributed by atoms with E-state index in [0.29, 0.717) is 6.54 Å². The number of amides is 2. The minimum absolute atomic E-state index is 0.258. The quantitative estimate of drug-likeness (QED) is 0.601. The van der Waals surface area contributed by atoms with Gasteiger partial charge in [-0.25, -0.2) is 0 Å². The first-order valence-corrected chi connectivity index (χ1v) is 8.37. The van der Waals surface area contributed by atoms with Gasteiger partial charge in [0.1, 0.15) is 5.70 Å². The molecule has 0 bridgehead atoms. The van der Waals surface area contributed by atoms with E-state index in [1.54, 1.807) is 6.08 Å². The van der Waals surface area contributed by atoms with Gasteiger partial charge in [0.15, 0.2) is 0 Å². The highest BCUT2D eigenvalue weighted by molar-refractivity contribution is 6.03. The smallest absolute Gasteiger partial charge is 0.267 e. The summed E-state index contributed by atoms with van der Waals surface area (Å²) in [6.07, 6.45) is 2.57. The summed E-state index contributed by atoms with van der Waals surface area (Å²) in [7, 11) is 3.98. The van der Waals surface area contributed by atoms with Crippen LogP contribution in [0.25, 0.3) is 16.8 Å². The molecule has 0 atom stereocenters. The topological polar surface area (TPSA) is 61.4 Å². The van der Waals surface area contributed by atoms with Crippen LogP contribution in [-0.2, 0) is 9.59 Å². The van der Waals surface area contributed by atoms with Gasteiger partial charge in [0.25, 0.3) is 5.91 Å². The Balaban J connectivity index is 2.22. The lowest BCUT2D eigenvalue weighted by Crippen LogP contribution is -2.35. The van der Waals surface area contributed by atoms with Gasteiger partial charge in [-0.2, -0.15) is 0 Å². The number of benzene rings is 2. The zero-order chi connectivity index (χ0) is 18.2. The van der Waals surface area contributed by atoms with Crippen molar-refractivity contribution in [1.82, 2.24) is 15.5 Å². The van der Waals surface area contributed by atoms with E-state index in [1.807, 2.05) is 56.6 Å². The van der Waals surface area contributed by atoms with Crippen molar-refractivity contribution in [2.75, 3.05) is 27.2 Å². The molecule has 2 rings (SSSR count). The molecule has 0 saturated carbocycles. The highest BCUT2D eigenvalue weighted by Gasteiger charge is 2.11. The van der Waals surface area contributed by atoms with Crippen molar-refractivity contribution in [3.63, 3.8) is 0 Å². The zero-order valence-corrected chi connectivity index (χ0v) is 15.0. The van der Waals surface area contributed by atoms with Crippen LogP contribution in [-0.4, -0.2) is 43.9 Å². The monoisotopic (exact) mass is 339 g/mol. The third-order valence-electron chi connectivity index (χ3n) is 3.75. The zero-order valence-electron chi connectivity index (χ0n) is 15.0. The molecule has 2 N–H and O–H groups in total. The van der Waals surface area contributed by atoms with Crippen LogP contribution in [0.3, 0.4) is 0 Å². The van der Waals surface area contributed by atoms with E-state index in [1.165, 1.54) is 6.92 Å². The molecule has 2 amide bonds. The molecular weight excluding hydrogens is 314 g/mol. The number of rotatable bonds is 7. The van der Waals surface area contributed by atoms with Gasteiger partial charge in [-0.05, 0) is 49.5 Å². The van der Waals surface area contributed by atoms with Crippen LogP contribution in [0, 0.1) is 0 Å². The van der Waals surface area contributed by atoms with Crippen molar-refractivity contribution in [2.24, 2.45) is 0 Å². The van der Waals surface area contributed by atoms with Gasteiger partial charge in [0.05, 0.1) is 0 Å². The van der Waals surface area contributed by atoms with Crippen LogP contribution in [0.5, 0.6) is 0 Å². The first-order chi connectivity index (χ1) is 12.0. The molecule has 0 aliphatic heterocycles. The molecule has 0 aliphatic carbocycles. The van der Waals surface area contributed by atoms with Gasteiger partial charge in [-0.1, -0.05) is 42.5 Å². The van der Waals surface area contributed by atoms with Gasteiger partial charge in [-0.15, -0.1) is 0 Å². The molecule has 132 valence electrons. The van der Waals surface area contributed by atoms with Crippen LogP contribution in [0.2, 0.25) is 0 Å². The van der Waals surface area contributed by atoms with E-state index >= 15 is 0 Å². The number of nitrogens with one attached hydrogen (secondary N) is 2. The van der Waals surface area contributed by atoms with Crippen LogP contribution in [0.4, 0.5) is 0 Å². The second-order valence-corrected chi connectivity index (χ2v) is 6.22. The SMILES string of the molecule is CC(=O)N/C(=C/c1cccc2ccccc12)C(=O)NCCCN(C)C. The van der Waals surface area contributed by atoms with Crippen molar-refractivity contribution >= 4 is 28.7 Å². The Kier molecular flexibility index (Phi) is 6.71. The average molecular weight is 339 g/mol. The molecule has 5 nitrogen and oxygen atoms in total. The Labute approximate surface area is 148 Å². The lowest BCUT2D eigenvalue weighted by molar-refractivity contribution is -0.122. The van der Waals surface area contributed by atoms with E-state index in [-0.39, 0.29) is 17.5 Å². The number of carbonyl (C=O) groups is 2. The summed E-state index contributed by atoms with van der Waals surface area (Å²) in [5.41, 5.74) is 1.15. The molecular formula is C20H25N3O2. The Morgan fingerprint density at radius 1 is 1.08 bits per heavy atom. The number of hydrogen-bond acceptors (Lipinski definition) is 3. The molecule has 2 aromatic carbocycles. The fourth-order valence-electron chi connectivity index (χ4n) is 2.57. The maximum Gasteiger partial charge on any atom is 0.267 e. The molecule has 0 fully saturated rings. The first-order valence-electron chi connectivity index (χ1n) is 8.37. The highest BCUT2D eigenvalue weighted by Crippen LogP contribution is 2.20. The number of carbonyl (C=O) groups excluding carboxylic acids is 2. The van der Waals surface area contributed by atoms with Crippen LogP contribution >= 0.6 is 0 Å². The van der Waals surface area contributed by atoms with E-state index in [4.69, 9.17) is 0 Å². The summed E-state index contributed by atoms with van der Waals surface area (Å²) >= 11 is 0. The molecule has 0 radical (unpaired) electrons. The van der Waals surface area contributed by atoms with Gasteiger partial charge in [0.2, 0.25) is 5.91 Å². The minimum Gasteiger partial charge on any atom is -0.351 e. The fourth-order valence-corrected chi connectivity index (χ4v) is 2.57. The molecule has 0 spiro atoms. The summed E-state index contributed by atoms with van der Waals surface area (Å²) in [6.45, 7) is 2.85. The predicted molar refractivity (Wildman–Crippen MR) is 102 cm³/mol. The Hall–Kier alpha value is -2.66. The summed E-state index contributed by atoms with van der Waals surface area (Å²) in [5.74, 6) is -0.545. The Morgan fingerprint density at radius 2 is 1.80 bits per heavy atom. The summed E-state index contributed by atoms with van der Waals surface area (Å²) < 4.78 is 0. The van der Waals surface area contributed by atoms with Gasteiger partial charge in [0, 0.05) is 13.5 Å². The van der Waals surface area contributed by atoms with Crippen molar-refractivity contribution < 1.29 is 9.59 Å². The van der Waals surface area contributed by atoms with Crippen molar-refractivity contribution in [3.05, 3.63) is 53.7 Å². The molecule has 0 heterocycles. The molecule has 0 aliphatic rings. The first kappa shape index (κ1) is 18.7. The van der Waals surface area contributed by atoms with E-state index < -0.39 is 0 Å². The summed E-state index contributed by atoms with van der Waals surface area (Å²) in [5, 5.41) is 7.63. The molecule has 0 unspecified atom stereocenters. The standard InChI is InChI=1S/C20H25N3O2/c1-15(24)22-19(20(25)21-12-7-13-23(2)3)14-17-10-6-9-16-8-4-5-11-18(16)17/h4-6,8-11,14H,7,12-13H2,1-3H3,(H,21,25)(H,22,24)/b19-14+. The lowest BCUT2D eigenvalue weighted by atomic mass is 10.0. The van der Waals surface area contributed by atoms with Crippen molar-refractivity contribution in [3.8, 4) is 0 Å². The van der Waals surface area contributed by atoms with E-state index in [0.717, 1.165) is 29.3 Å². The summed E-state index contributed by atoms with van der Waals surface area (Å²) in [4.78, 5) is 26.0. The maximum atomic E-state index is 12.5. The normalized spacial score (nSPS) is 11.6.